The van der Waals surface area contributed by atoms with Crippen LogP contribution in [0.2, 0.25) is 10.2 Å². The minimum atomic E-state index is -0.369. The number of amides is 1. The Morgan fingerprint density at radius 3 is 2.89 bits per heavy atom. The summed E-state index contributed by atoms with van der Waals surface area (Å²) in [4.78, 5) is 15.7. The van der Waals surface area contributed by atoms with Crippen LogP contribution in [0, 0.1) is 0 Å². The van der Waals surface area contributed by atoms with Crippen molar-refractivity contribution in [1.82, 2.24) is 20.1 Å². The van der Waals surface area contributed by atoms with Crippen LogP contribution in [-0.2, 0) is 13.6 Å². The van der Waals surface area contributed by atoms with E-state index in [2.05, 4.69) is 15.4 Å². The molecule has 1 amide bonds. The SMILES string of the molecule is Cn1cc(CNC(=O)c2nc(Cl)ccc2Cl)cn1. The maximum absolute atomic E-state index is 11.9. The zero-order chi connectivity index (χ0) is 13.1. The van der Waals surface area contributed by atoms with Crippen LogP contribution in [-0.4, -0.2) is 20.7 Å². The number of carbonyl (C=O) groups is 1. The molecular formula is C11H10Cl2N4O. The van der Waals surface area contributed by atoms with E-state index in [9.17, 15) is 4.79 Å². The molecule has 0 aliphatic rings. The molecule has 0 aliphatic carbocycles. The number of carbonyl (C=O) groups excluding carboxylic acids is 1. The lowest BCUT2D eigenvalue weighted by Crippen LogP contribution is -2.24. The summed E-state index contributed by atoms with van der Waals surface area (Å²) in [6.07, 6.45) is 3.49. The maximum atomic E-state index is 11.9. The number of nitrogens with one attached hydrogen (secondary N) is 1. The summed E-state index contributed by atoms with van der Waals surface area (Å²) in [6.45, 7) is 0.358. The predicted molar refractivity (Wildman–Crippen MR) is 68.6 cm³/mol. The molecule has 0 fully saturated rings. The van der Waals surface area contributed by atoms with Crippen molar-refractivity contribution >= 4 is 29.1 Å². The molecule has 0 spiro atoms. The topological polar surface area (TPSA) is 59.8 Å². The van der Waals surface area contributed by atoms with Crippen molar-refractivity contribution in [3.63, 3.8) is 0 Å². The zero-order valence-corrected chi connectivity index (χ0v) is 11.0. The van der Waals surface area contributed by atoms with Crippen LogP contribution in [0.4, 0.5) is 0 Å². The van der Waals surface area contributed by atoms with E-state index in [1.807, 2.05) is 6.20 Å². The zero-order valence-electron chi connectivity index (χ0n) is 9.52. The Bertz CT molecular complexity index is 582. The minimum absolute atomic E-state index is 0.119. The number of aromatic nitrogens is 3. The molecule has 5 nitrogen and oxygen atoms in total. The summed E-state index contributed by atoms with van der Waals surface area (Å²) in [6, 6.07) is 3.07. The van der Waals surface area contributed by atoms with Crippen molar-refractivity contribution in [1.29, 1.82) is 0 Å². The normalized spacial score (nSPS) is 10.4. The molecule has 18 heavy (non-hydrogen) atoms. The van der Waals surface area contributed by atoms with Crippen LogP contribution >= 0.6 is 23.2 Å². The lowest BCUT2D eigenvalue weighted by molar-refractivity contribution is 0.0946. The first kappa shape index (κ1) is 12.9. The van der Waals surface area contributed by atoms with Gasteiger partial charge in [0, 0.05) is 25.4 Å². The van der Waals surface area contributed by atoms with E-state index < -0.39 is 0 Å². The highest BCUT2D eigenvalue weighted by molar-refractivity contribution is 6.34. The number of hydrogen-bond donors (Lipinski definition) is 1. The molecule has 2 heterocycles. The van der Waals surface area contributed by atoms with Crippen LogP contribution in [0.5, 0.6) is 0 Å². The highest BCUT2D eigenvalue weighted by Gasteiger charge is 2.12. The van der Waals surface area contributed by atoms with Crippen LogP contribution in [0.25, 0.3) is 0 Å². The standard InChI is InChI=1S/C11H10Cl2N4O/c1-17-6-7(5-15-17)4-14-11(18)10-8(12)2-3-9(13)16-10/h2-3,5-6H,4H2,1H3,(H,14,18). The van der Waals surface area contributed by atoms with E-state index >= 15 is 0 Å². The fraction of sp³-hybridized carbons (Fsp3) is 0.182. The van der Waals surface area contributed by atoms with Crippen LogP contribution in [0.1, 0.15) is 16.1 Å². The van der Waals surface area contributed by atoms with Gasteiger partial charge in [-0.2, -0.15) is 5.10 Å². The largest absolute Gasteiger partial charge is 0.346 e. The Kier molecular flexibility index (Phi) is 3.84. The predicted octanol–water partition coefficient (Wildman–Crippen LogP) is 2.05. The maximum Gasteiger partial charge on any atom is 0.271 e. The minimum Gasteiger partial charge on any atom is -0.346 e. The summed E-state index contributed by atoms with van der Waals surface area (Å²) in [5.41, 5.74) is 1.01. The Labute approximate surface area is 114 Å². The second-order valence-electron chi connectivity index (χ2n) is 3.67. The van der Waals surface area contributed by atoms with Crippen molar-refractivity contribution in [2.45, 2.75) is 6.54 Å². The fourth-order valence-corrected chi connectivity index (χ4v) is 1.75. The third kappa shape index (κ3) is 3.00. The molecule has 2 aromatic heterocycles. The van der Waals surface area contributed by atoms with Crippen LogP contribution in [0.3, 0.4) is 0 Å². The molecule has 94 valence electrons. The van der Waals surface area contributed by atoms with E-state index in [1.165, 1.54) is 12.1 Å². The Hall–Kier alpha value is -1.59. The van der Waals surface area contributed by atoms with Gasteiger partial charge in [-0.3, -0.25) is 9.48 Å². The molecule has 0 atom stereocenters. The number of pyridine rings is 1. The summed E-state index contributed by atoms with van der Waals surface area (Å²) >= 11 is 11.6. The lowest BCUT2D eigenvalue weighted by Gasteiger charge is -2.04. The molecular weight excluding hydrogens is 275 g/mol. The highest BCUT2D eigenvalue weighted by atomic mass is 35.5. The number of aryl methyl sites for hydroxylation is 1. The first-order valence-corrected chi connectivity index (χ1v) is 5.89. The number of rotatable bonds is 3. The average Bonchev–Trinajstić information content (AvgIpc) is 2.75. The Balaban J connectivity index is 2.05. The van der Waals surface area contributed by atoms with E-state index in [4.69, 9.17) is 23.2 Å². The first-order chi connectivity index (χ1) is 8.56. The van der Waals surface area contributed by atoms with Gasteiger partial charge in [0.05, 0.1) is 11.2 Å². The smallest absolute Gasteiger partial charge is 0.271 e. The van der Waals surface area contributed by atoms with Gasteiger partial charge >= 0.3 is 0 Å². The molecule has 0 unspecified atom stereocenters. The molecule has 0 radical (unpaired) electrons. The molecule has 2 rings (SSSR count). The van der Waals surface area contributed by atoms with E-state index in [1.54, 1.807) is 17.9 Å². The molecule has 0 aromatic carbocycles. The summed E-state index contributed by atoms with van der Waals surface area (Å²) in [5.74, 6) is -0.369. The molecule has 0 saturated heterocycles. The molecule has 0 bridgehead atoms. The lowest BCUT2D eigenvalue weighted by atomic mass is 10.3. The van der Waals surface area contributed by atoms with Gasteiger partial charge in [-0.1, -0.05) is 23.2 Å². The third-order valence-corrected chi connectivity index (χ3v) is 2.75. The molecule has 7 heteroatoms. The summed E-state index contributed by atoms with van der Waals surface area (Å²) in [7, 11) is 1.81. The van der Waals surface area contributed by atoms with Gasteiger partial charge in [-0.15, -0.1) is 0 Å². The van der Waals surface area contributed by atoms with Crippen molar-refractivity contribution in [2.75, 3.05) is 0 Å². The van der Waals surface area contributed by atoms with Crippen LogP contribution < -0.4 is 5.32 Å². The van der Waals surface area contributed by atoms with E-state index in [0.717, 1.165) is 5.56 Å². The van der Waals surface area contributed by atoms with Gasteiger partial charge in [0.25, 0.3) is 5.91 Å². The summed E-state index contributed by atoms with van der Waals surface area (Å²) < 4.78 is 1.66. The number of halogens is 2. The fourth-order valence-electron chi connectivity index (χ4n) is 1.41. The molecule has 1 N–H and O–H groups in total. The summed E-state index contributed by atoms with van der Waals surface area (Å²) in [5, 5.41) is 7.19. The van der Waals surface area contributed by atoms with Gasteiger partial charge in [0.2, 0.25) is 0 Å². The quantitative estimate of drug-likeness (QED) is 0.878. The average molecular weight is 285 g/mol. The van der Waals surface area contributed by atoms with Crippen molar-refractivity contribution in [3.8, 4) is 0 Å². The Morgan fingerprint density at radius 1 is 1.44 bits per heavy atom. The van der Waals surface area contributed by atoms with Crippen LogP contribution in [0.15, 0.2) is 24.5 Å². The van der Waals surface area contributed by atoms with Crippen molar-refractivity contribution < 1.29 is 4.79 Å². The van der Waals surface area contributed by atoms with Gasteiger partial charge in [-0.05, 0) is 12.1 Å². The second-order valence-corrected chi connectivity index (χ2v) is 4.46. The molecule has 0 aliphatic heterocycles. The number of nitrogens with zero attached hydrogens (tertiary/aromatic N) is 3. The van der Waals surface area contributed by atoms with E-state index in [-0.39, 0.29) is 21.8 Å². The van der Waals surface area contributed by atoms with Crippen molar-refractivity contribution in [2.24, 2.45) is 7.05 Å². The van der Waals surface area contributed by atoms with Crippen molar-refractivity contribution in [3.05, 3.63) is 46.0 Å². The first-order valence-electron chi connectivity index (χ1n) is 5.14. The van der Waals surface area contributed by atoms with Gasteiger partial charge in [0.1, 0.15) is 10.8 Å². The van der Waals surface area contributed by atoms with Gasteiger partial charge < -0.3 is 5.32 Å². The third-order valence-electron chi connectivity index (χ3n) is 2.24. The molecule has 2 aromatic rings. The highest BCUT2D eigenvalue weighted by Crippen LogP contribution is 2.16. The monoisotopic (exact) mass is 284 g/mol. The number of hydrogen-bond acceptors (Lipinski definition) is 3. The van der Waals surface area contributed by atoms with Gasteiger partial charge in [-0.25, -0.2) is 4.98 Å². The second kappa shape index (κ2) is 5.37. The van der Waals surface area contributed by atoms with E-state index in [0.29, 0.717) is 6.54 Å². The molecule has 0 saturated carbocycles. The van der Waals surface area contributed by atoms with Gasteiger partial charge in [0.15, 0.2) is 0 Å². The Morgan fingerprint density at radius 2 is 2.22 bits per heavy atom.